The van der Waals surface area contributed by atoms with Crippen LogP contribution in [0.5, 0.6) is 0 Å². The van der Waals surface area contributed by atoms with Crippen LogP contribution in [0, 0.1) is 11.8 Å². The fourth-order valence-corrected chi connectivity index (χ4v) is 5.04. The molecule has 0 bridgehead atoms. The minimum Gasteiger partial charge on any atom is -0.463 e. The van der Waals surface area contributed by atoms with E-state index in [1.54, 1.807) is 0 Å². The van der Waals surface area contributed by atoms with Gasteiger partial charge in [-0.1, -0.05) is 51.4 Å². The van der Waals surface area contributed by atoms with Gasteiger partial charge in [-0.15, -0.1) is 0 Å². The van der Waals surface area contributed by atoms with Crippen molar-refractivity contribution in [2.45, 2.75) is 102 Å². The van der Waals surface area contributed by atoms with E-state index in [-0.39, 0.29) is 36.0 Å². The lowest BCUT2D eigenvalue weighted by molar-refractivity contribution is -0.157. The monoisotopic (exact) mass is 424 g/mol. The zero-order valence-electron chi connectivity index (χ0n) is 18.5. The Morgan fingerprint density at radius 3 is 1.27 bits per heavy atom. The van der Waals surface area contributed by atoms with Crippen LogP contribution in [0.25, 0.3) is 0 Å². The molecule has 0 aliphatic heterocycles. The topological polar surface area (TPSA) is 71.1 Å². The number of carbonyl (C=O) groups is 2. The first kappa shape index (κ1) is 23.5. The second-order valence-electron chi connectivity index (χ2n) is 9.11. The summed E-state index contributed by atoms with van der Waals surface area (Å²) in [4.78, 5) is 24.2. The van der Waals surface area contributed by atoms with E-state index in [0.717, 1.165) is 77.0 Å². The summed E-state index contributed by atoms with van der Waals surface area (Å²) < 4.78 is 22.8. The molecule has 2 atom stereocenters. The van der Waals surface area contributed by atoms with Crippen LogP contribution >= 0.6 is 0 Å². The standard InChI is InChI=1S/C24H40O6/c25-23(19-9-3-1-4-10-19)29-17-15-27-21-13-7-8-14-22(21)28-16-18-30-24(26)20-11-5-2-6-12-20/h19-22H,1-18H2. The first-order chi connectivity index (χ1) is 14.7. The van der Waals surface area contributed by atoms with Crippen molar-refractivity contribution in [1.29, 1.82) is 0 Å². The lowest BCUT2D eigenvalue weighted by Crippen LogP contribution is -2.36. The maximum absolute atomic E-state index is 12.1. The minimum atomic E-state index is -0.0606. The molecule has 0 heterocycles. The Hall–Kier alpha value is -1.14. The zero-order valence-corrected chi connectivity index (χ0v) is 18.5. The van der Waals surface area contributed by atoms with Crippen LogP contribution in [0.15, 0.2) is 0 Å². The number of hydrogen-bond donors (Lipinski definition) is 0. The highest BCUT2D eigenvalue weighted by Gasteiger charge is 2.28. The van der Waals surface area contributed by atoms with Gasteiger partial charge < -0.3 is 18.9 Å². The molecule has 172 valence electrons. The van der Waals surface area contributed by atoms with Gasteiger partial charge in [0.1, 0.15) is 13.2 Å². The summed E-state index contributed by atoms with van der Waals surface area (Å²) in [5, 5.41) is 0. The highest BCUT2D eigenvalue weighted by Crippen LogP contribution is 2.26. The summed E-state index contributed by atoms with van der Waals surface area (Å²) in [6, 6.07) is 0. The molecule has 0 aromatic carbocycles. The Bertz CT molecular complexity index is 464. The van der Waals surface area contributed by atoms with E-state index in [2.05, 4.69) is 0 Å². The molecule has 3 aliphatic rings. The number of rotatable bonds is 10. The summed E-state index contributed by atoms with van der Waals surface area (Å²) in [5.41, 5.74) is 0. The molecule has 3 aliphatic carbocycles. The Morgan fingerprint density at radius 2 is 0.867 bits per heavy atom. The molecule has 3 fully saturated rings. The Labute approximate surface area is 181 Å². The van der Waals surface area contributed by atoms with Crippen LogP contribution in [0.4, 0.5) is 0 Å². The highest BCUT2D eigenvalue weighted by atomic mass is 16.6. The van der Waals surface area contributed by atoms with E-state index in [1.807, 2.05) is 0 Å². The van der Waals surface area contributed by atoms with E-state index in [0.29, 0.717) is 26.4 Å². The molecule has 0 N–H and O–H groups in total. The van der Waals surface area contributed by atoms with Gasteiger partial charge in [0, 0.05) is 0 Å². The van der Waals surface area contributed by atoms with Crippen molar-refractivity contribution in [3.05, 3.63) is 0 Å². The van der Waals surface area contributed by atoms with E-state index in [9.17, 15) is 9.59 Å². The maximum Gasteiger partial charge on any atom is 0.309 e. The van der Waals surface area contributed by atoms with Crippen LogP contribution in [-0.2, 0) is 28.5 Å². The van der Waals surface area contributed by atoms with Gasteiger partial charge in [-0.2, -0.15) is 0 Å². The van der Waals surface area contributed by atoms with Gasteiger partial charge in [-0.25, -0.2) is 0 Å². The quantitative estimate of drug-likeness (QED) is 0.378. The van der Waals surface area contributed by atoms with Gasteiger partial charge in [-0.05, 0) is 38.5 Å². The molecular formula is C24H40O6. The molecule has 0 aromatic heterocycles. The van der Waals surface area contributed by atoms with Crippen molar-refractivity contribution in [2.75, 3.05) is 26.4 Å². The predicted octanol–water partition coefficient (Wildman–Crippen LogP) is 4.58. The molecule has 6 heteroatoms. The summed E-state index contributed by atoms with van der Waals surface area (Å²) in [6.07, 6.45) is 15.1. The third kappa shape index (κ3) is 7.84. The molecule has 0 aromatic rings. The summed E-state index contributed by atoms with van der Waals surface area (Å²) in [7, 11) is 0. The average molecular weight is 425 g/mol. The van der Waals surface area contributed by atoms with Gasteiger partial charge in [0.25, 0.3) is 0 Å². The fourth-order valence-electron chi connectivity index (χ4n) is 5.04. The van der Waals surface area contributed by atoms with Crippen molar-refractivity contribution < 1.29 is 28.5 Å². The first-order valence-electron chi connectivity index (χ1n) is 12.3. The van der Waals surface area contributed by atoms with Crippen LogP contribution in [0.2, 0.25) is 0 Å². The molecule has 6 nitrogen and oxygen atoms in total. The maximum atomic E-state index is 12.1. The lowest BCUT2D eigenvalue weighted by Gasteiger charge is -2.31. The fraction of sp³-hybridized carbons (Fsp3) is 0.917. The van der Waals surface area contributed by atoms with E-state index in [4.69, 9.17) is 18.9 Å². The highest BCUT2D eigenvalue weighted by molar-refractivity contribution is 5.72. The summed E-state index contributed by atoms with van der Waals surface area (Å²) in [5.74, 6) is 0.0470. The number of ether oxygens (including phenoxy) is 4. The van der Waals surface area contributed by atoms with Crippen molar-refractivity contribution in [3.63, 3.8) is 0 Å². The van der Waals surface area contributed by atoms with E-state index >= 15 is 0 Å². The Balaban J connectivity index is 1.27. The van der Waals surface area contributed by atoms with Gasteiger partial charge in [0.05, 0.1) is 37.3 Å². The van der Waals surface area contributed by atoms with Gasteiger partial charge in [0.15, 0.2) is 0 Å². The van der Waals surface area contributed by atoms with E-state index < -0.39 is 0 Å². The number of hydrogen-bond acceptors (Lipinski definition) is 6. The summed E-state index contributed by atoms with van der Waals surface area (Å²) >= 11 is 0. The van der Waals surface area contributed by atoms with Crippen LogP contribution in [-0.4, -0.2) is 50.6 Å². The van der Waals surface area contributed by atoms with Crippen LogP contribution in [0.3, 0.4) is 0 Å². The molecule has 2 unspecified atom stereocenters. The van der Waals surface area contributed by atoms with E-state index in [1.165, 1.54) is 12.8 Å². The molecule has 0 amide bonds. The number of esters is 2. The third-order valence-corrected chi connectivity index (χ3v) is 6.84. The van der Waals surface area contributed by atoms with Crippen molar-refractivity contribution in [2.24, 2.45) is 11.8 Å². The van der Waals surface area contributed by atoms with Crippen molar-refractivity contribution >= 4 is 11.9 Å². The molecule has 30 heavy (non-hydrogen) atoms. The van der Waals surface area contributed by atoms with Gasteiger partial charge >= 0.3 is 11.9 Å². The summed E-state index contributed by atoms with van der Waals surface area (Å²) in [6.45, 7) is 1.47. The smallest absolute Gasteiger partial charge is 0.309 e. The SMILES string of the molecule is O=C(OCCOC1CCCCC1OCCOC(=O)C1CCCCC1)C1CCCCC1. The van der Waals surface area contributed by atoms with Crippen molar-refractivity contribution in [3.8, 4) is 0 Å². The largest absolute Gasteiger partial charge is 0.463 e. The zero-order chi connectivity index (χ0) is 21.0. The Kier molecular flexibility index (Phi) is 10.4. The molecule has 0 saturated heterocycles. The molecule has 0 radical (unpaired) electrons. The van der Waals surface area contributed by atoms with Crippen LogP contribution in [0.1, 0.15) is 89.9 Å². The molecule has 3 saturated carbocycles. The first-order valence-corrected chi connectivity index (χ1v) is 12.3. The number of carbonyl (C=O) groups excluding carboxylic acids is 2. The molecule has 3 rings (SSSR count). The van der Waals surface area contributed by atoms with Crippen molar-refractivity contribution in [1.82, 2.24) is 0 Å². The second-order valence-corrected chi connectivity index (χ2v) is 9.11. The second kappa shape index (κ2) is 13.3. The van der Waals surface area contributed by atoms with Gasteiger partial charge in [0.2, 0.25) is 0 Å². The third-order valence-electron chi connectivity index (χ3n) is 6.84. The predicted molar refractivity (Wildman–Crippen MR) is 113 cm³/mol. The molecular weight excluding hydrogens is 384 g/mol. The average Bonchev–Trinajstić information content (AvgIpc) is 2.81. The van der Waals surface area contributed by atoms with Crippen LogP contribution < -0.4 is 0 Å². The molecule has 0 spiro atoms. The normalized spacial score (nSPS) is 26.3. The Morgan fingerprint density at radius 1 is 0.500 bits per heavy atom. The van der Waals surface area contributed by atoms with Gasteiger partial charge in [-0.3, -0.25) is 9.59 Å². The minimum absolute atomic E-state index is 0.0289. The lowest BCUT2D eigenvalue weighted by atomic mass is 9.89.